The number of carbonyl (C=O) groups excluding carboxylic acids is 1. The number of nitrogens with zero attached hydrogens (tertiary/aromatic N) is 1. The maximum Gasteiger partial charge on any atom is 0.270 e. The molecule has 0 amide bonds. The van der Waals surface area contributed by atoms with Gasteiger partial charge in [-0.2, -0.15) is 0 Å². The van der Waals surface area contributed by atoms with Gasteiger partial charge in [0.1, 0.15) is 5.52 Å². The highest BCUT2D eigenvalue weighted by Crippen LogP contribution is 2.19. The van der Waals surface area contributed by atoms with Crippen LogP contribution in [-0.4, -0.2) is 10.8 Å². The Hall–Kier alpha value is -1.94. The molecule has 1 aromatic carbocycles. The van der Waals surface area contributed by atoms with E-state index in [0.29, 0.717) is 16.0 Å². The van der Waals surface area contributed by atoms with Crippen molar-refractivity contribution in [2.24, 2.45) is 0 Å². The van der Waals surface area contributed by atoms with Gasteiger partial charge in [-0.3, -0.25) is 4.79 Å². The molecule has 0 saturated heterocycles. The number of oxazole rings is 1. The first kappa shape index (κ1) is 9.30. The van der Waals surface area contributed by atoms with E-state index < -0.39 is 0 Å². The number of para-hydroxylation sites is 2. The molecule has 3 aromatic rings. The molecule has 78 valence electrons. The molecule has 3 nitrogen and oxygen atoms in total. The fraction of sp³-hybridized carbons (Fsp3) is 0. The van der Waals surface area contributed by atoms with Gasteiger partial charge in [0, 0.05) is 0 Å². The zero-order valence-electron chi connectivity index (χ0n) is 8.21. The standard InChI is InChI=1S/C12H7NO2S/c14-11(10-6-3-7-16-10)12-13-8-4-1-2-5-9(8)15-12/h1-7H. The second kappa shape index (κ2) is 3.57. The summed E-state index contributed by atoms with van der Waals surface area (Å²) in [4.78, 5) is 16.7. The van der Waals surface area contributed by atoms with Crippen LogP contribution in [0.25, 0.3) is 11.1 Å². The molecule has 0 radical (unpaired) electrons. The molecule has 0 atom stereocenters. The van der Waals surface area contributed by atoms with E-state index in [1.807, 2.05) is 29.6 Å². The van der Waals surface area contributed by atoms with Crippen molar-refractivity contribution in [1.82, 2.24) is 4.98 Å². The van der Waals surface area contributed by atoms with Gasteiger partial charge < -0.3 is 4.42 Å². The molecule has 16 heavy (non-hydrogen) atoms. The Kier molecular flexibility index (Phi) is 2.08. The number of hydrogen-bond donors (Lipinski definition) is 0. The fourth-order valence-corrected chi connectivity index (χ4v) is 2.14. The topological polar surface area (TPSA) is 43.1 Å². The summed E-state index contributed by atoms with van der Waals surface area (Å²) < 4.78 is 5.40. The summed E-state index contributed by atoms with van der Waals surface area (Å²) >= 11 is 1.39. The minimum absolute atomic E-state index is 0.156. The largest absolute Gasteiger partial charge is 0.433 e. The van der Waals surface area contributed by atoms with Crippen LogP contribution in [0.3, 0.4) is 0 Å². The average Bonchev–Trinajstić information content (AvgIpc) is 2.97. The lowest BCUT2D eigenvalue weighted by molar-refractivity contribution is 0.101. The van der Waals surface area contributed by atoms with Gasteiger partial charge >= 0.3 is 0 Å². The monoisotopic (exact) mass is 229 g/mol. The summed E-state index contributed by atoms with van der Waals surface area (Å²) in [6, 6.07) is 10.9. The van der Waals surface area contributed by atoms with Crippen LogP contribution in [0.15, 0.2) is 46.2 Å². The molecule has 0 saturated carbocycles. The average molecular weight is 229 g/mol. The van der Waals surface area contributed by atoms with Crippen LogP contribution in [-0.2, 0) is 0 Å². The molecular formula is C12H7NO2S. The number of thiophene rings is 1. The van der Waals surface area contributed by atoms with Crippen LogP contribution in [0.2, 0.25) is 0 Å². The number of hydrogen-bond acceptors (Lipinski definition) is 4. The van der Waals surface area contributed by atoms with E-state index in [9.17, 15) is 4.79 Å². The van der Waals surface area contributed by atoms with E-state index in [0.717, 1.165) is 0 Å². The number of benzene rings is 1. The Morgan fingerprint density at radius 3 is 2.81 bits per heavy atom. The van der Waals surface area contributed by atoms with Crippen LogP contribution in [0, 0.1) is 0 Å². The van der Waals surface area contributed by atoms with Crippen LogP contribution < -0.4 is 0 Å². The van der Waals surface area contributed by atoms with Crippen LogP contribution in [0.4, 0.5) is 0 Å². The molecule has 0 bridgehead atoms. The van der Waals surface area contributed by atoms with Crippen molar-refractivity contribution in [3.63, 3.8) is 0 Å². The van der Waals surface area contributed by atoms with Gasteiger partial charge in [0.15, 0.2) is 5.58 Å². The predicted molar refractivity (Wildman–Crippen MR) is 61.8 cm³/mol. The first-order chi connectivity index (χ1) is 7.84. The first-order valence-corrected chi connectivity index (χ1v) is 5.66. The summed E-state index contributed by atoms with van der Waals surface area (Å²) in [6.07, 6.45) is 0. The Balaban J connectivity index is 2.10. The lowest BCUT2D eigenvalue weighted by atomic mass is 10.3. The highest BCUT2D eigenvalue weighted by atomic mass is 32.1. The van der Waals surface area contributed by atoms with E-state index in [2.05, 4.69) is 4.98 Å². The van der Waals surface area contributed by atoms with Crippen molar-refractivity contribution >= 4 is 28.2 Å². The van der Waals surface area contributed by atoms with Gasteiger partial charge in [0.05, 0.1) is 4.88 Å². The maximum atomic E-state index is 11.9. The van der Waals surface area contributed by atoms with Crippen molar-refractivity contribution in [1.29, 1.82) is 0 Å². The molecular weight excluding hydrogens is 222 g/mol. The molecule has 0 aliphatic rings. The summed E-state index contributed by atoms with van der Waals surface area (Å²) in [5, 5.41) is 1.86. The fourth-order valence-electron chi connectivity index (χ4n) is 1.48. The third-order valence-corrected chi connectivity index (χ3v) is 3.10. The van der Waals surface area contributed by atoms with Gasteiger partial charge in [0.2, 0.25) is 0 Å². The predicted octanol–water partition coefficient (Wildman–Crippen LogP) is 3.12. The quantitative estimate of drug-likeness (QED) is 0.634. The number of aromatic nitrogens is 1. The molecule has 3 rings (SSSR count). The maximum absolute atomic E-state index is 11.9. The van der Waals surface area contributed by atoms with Crippen molar-refractivity contribution in [3.8, 4) is 0 Å². The van der Waals surface area contributed by atoms with Crippen molar-refractivity contribution in [2.45, 2.75) is 0 Å². The number of rotatable bonds is 2. The van der Waals surface area contributed by atoms with Crippen LogP contribution in [0.1, 0.15) is 15.6 Å². The molecule has 2 aromatic heterocycles. The van der Waals surface area contributed by atoms with E-state index in [-0.39, 0.29) is 11.7 Å². The number of ketones is 1. The Labute approximate surface area is 95.4 Å². The zero-order chi connectivity index (χ0) is 11.0. The van der Waals surface area contributed by atoms with E-state index in [1.165, 1.54) is 11.3 Å². The second-order valence-electron chi connectivity index (χ2n) is 3.29. The molecule has 0 fully saturated rings. The molecule has 0 N–H and O–H groups in total. The highest BCUT2D eigenvalue weighted by molar-refractivity contribution is 7.12. The lowest BCUT2D eigenvalue weighted by Crippen LogP contribution is -1.97. The van der Waals surface area contributed by atoms with Crippen LogP contribution >= 0.6 is 11.3 Å². The Bertz CT molecular complexity index is 607. The van der Waals surface area contributed by atoms with Gasteiger partial charge in [-0.05, 0) is 23.6 Å². The minimum Gasteiger partial charge on any atom is -0.433 e. The molecule has 0 unspecified atom stereocenters. The lowest BCUT2D eigenvalue weighted by Gasteiger charge is -1.88. The third kappa shape index (κ3) is 1.44. The summed E-state index contributed by atoms with van der Waals surface area (Å²) in [5.74, 6) is -0.00477. The molecule has 0 spiro atoms. The Morgan fingerprint density at radius 2 is 2.06 bits per heavy atom. The van der Waals surface area contributed by atoms with E-state index in [4.69, 9.17) is 4.42 Å². The van der Waals surface area contributed by atoms with Crippen LogP contribution in [0.5, 0.6) is 0 Å². The summed E-state index contributed by atoms with van der Waals surface area (Å²) in [7, 11) is 0. The SMILES string of the molecule is O=C(c1nc2ccccc2o1)c1cccs1. The molecule has 0 aliphatic heterocycles. The second-order valence-corrected chi connectivity index (χ2v) is 4.24. The Morgan fingerprint density at radius 1 is 1.19 bits per heavy atom. The van der Waals surface area contributed by atoms with Gasteiger partial charge in [-0.25, -0.2) is 4.98 Å². The minimum atomic E-state index is -0.161. The van der Waals surface area contributed by atoms with Crippen molar-refractivity contribution in [3.05, 3.63) is 52.5 Å². The number of carbonyl (C=O) groups is 1. The third-order valence-electron chi connectivity index (χ3n) is 2.23. The van der Waals surface area contributed by atoms with E-state index >= 15 is 0 Å². The molecule has 0 aliphatic carbocycles. The normalized spacial score (nSPS) is 10.8. The zero-order valence-corrected chi connectivity index (χ0v) is 9.03. The smallest absolute Gasteiger partial charge is 0.270 e. The summed E-state index contributed by atoms with van der Waals surface area (Å²) in [6.45, 7) is 0. The molecule has 4 heteroatoms. The van der Waals surface area contributed by atoms with Crippen molar-refractivity contribution in [2.75, 3.05) is 0 Å². The summed E-state index contributed by atoms with van der Waals surface area (Å²) in [5.41, 5.74) is 1.35. The first-order valence-electron chi connectivity index (χ1n) is 4.78. The van der Waals surface area contributed by atoms with Gasteiger partial charge in [0.25, 0.3) is 11.7 Å². The van der Waals surface area contributed by atoms with Gasteiger partial charge in [-0.15, -0.1) is 11.3 Å². The van der Waals surface area contributed by atoms with E-state index in [1.54, 1.807) is 12.1 Å². The molecule has 2 heterocycles. The number of fused-ring (bicyclic) bond motifs is 1. The van der Waals surface area contributed by atoms with Crippen molar-refractivity contribution < 1.29 is 9.21 Å². The highest BCUT2D eigenvalue weighted by Gasteiger charge is 2.16. The van der Waals surface area contributed by atoms with Gasteiger partial charge in [-0.1, -0.05) is 18.2 Å².